The Morgan fingerprint density at radius 2 is 1.84 bits per heavy atom. The van der Waals surface area contributed by atoms with E-state index in [0.717, 1.165) is 0 Å². The van der Waals surface area contributed by atoms with Gasteiger partial charge < -0.3 is 25.0 Å². The third-order valence-electron chi connectivity index (χ3n) is 5.50. The van der Waals surface area contributed by atoms with Crippen molar-refractivity contribution in [1.82, 2.24) is 4.90 Å². The average Bonchev–Trinajstić information content (AvgIpc) is 3.16. The number of hydrogen-bond acceptors (Lipinski definition) is 6. The molecule has 3 amide bonds. The van der Waals surface area contributed by atoms with Crippen LogP contribution < -0.4 is 10.2 Å². The van der Waals surface area contributed by atoms with E-state index >= 15 is 0 Å². The molecule has 9 heteroatoms. The Morgan fingerprint density at radius 1 is 1.12 bits per heavy atom. The first-order chi connectivity index (χ1) is 15.4. The molecule has 32 heavy (non-hydrogen) atoms. The molecule has 0 radical (unpaired) electrons. The second-order valence-corrected chi connectivity index (χ2v) is 7.65. The van der Waals surface area contributed by atoms with Crippen molar-refractivity contribution in [1.29, 1.82) is 0 Å². The number of rotatable bonds is 5. The summed E-state index contributed by atoms with van der Waals surface area (Å²) < 4.78 is 4.94. The monoisotopic (exact) mass is 437 g/mol. The second kappa shape index (κ2) is 8.80. The fraction of sp³-hybridized carbons (Fsp3) is 0.304. The smallest absolute Gasteiger partial charge is 0.338 e. The SMILES string of the molecule is CCOC(=O)c1ccc(NC(=O)CN2C(=O)[C@@H]3C[C@H](O)CN3C(=O)c3ccccc32)cc1. The van der Waals surface area contributed by atoms with E-state index < -0.39 is 29.9 Å². The highest BCUT2D eigenvalue weighted by Crippen LogP contribution is 2.32. The molecule has 4 rings (SSSR count). The number of ether oxygens (including phenoxy) is 1. The van der Waals surface area contributed by atoms with Gasteiger partial charge in [-0.15, -0.1) is 0 Å². The largest absolute Gasteiger partial charge is 0.462 e. The van der Waals surface area contributed by atoms with Crippen LogP contribution in [0, 0.1) is 0 Å². The highest BCUT2D eigenvalue weighted by atomic mass is 16.5. The number of nitrogens with one attached hydrogen (secondary N) is 1. The van der Waals surface area contributed by atoms with E-state index in [1.165, 1.54) is 21.9 Å². The Labute approximate surface area is 184 Å². The number of fused-ring (bicyclic) bond motifs is 2. The van der Waals surface area contributed by atoms with E-state index in [1.807, 2.05) is 0 Å². The first-order valence-corrected chi connectivity index (χ1v) is 10.4. The number of amides is 3. The van der Waals surface area contributed by atoms with Gasteiger partial charge in [-0.1, -0.05) is 12.1 Å². The van der Waals surface area contributed by atoms with Gasteiger partial charge >= 0.3 is 5.97 Å². The lowest BCUT2D eigenvalue weighted by Gasteiger charge is -2.25. The maximum atomic E-state index is 13.2. The molecular formula is C23H23N3O6. The van der Waals surface area contributed by atoms with Crippen LogP contribution in [0.5, 0.6) is 0 Å². The Hall–Kier alpha value is -3.72. The Balaban J connectivity index is 1.54. The Morgan fingerprint density at radius 3 is 2.56 bits per heavy atom. The summed E-state index contributed by atoms with van der Waals surface area (Å²) in [5, 5.41) is 12.7. The molecule has 1 saturated heterocycles. The summed E-state index contributed by atoms with van der Waals surface area (Å²) in [7, 11) is 0. The standard InChI is InChI=1S/C23H23N3O6/c1-2-32-23(31)14-7-9-15(10-8-14)24-20(28)13-26-18-6-4-3-5-17(18)21(29)25-12-16(27)11-19(25)22(26)30/h3-10,16,19,27H,2,11-13H2,1H3,(H,24,28)/t16-,19-/m0/s1. The molecule has 0 spiro atoms. The lowest BCUT2D eigenvalue weighted by molar-refractivity contribution is -0.124. The van der Waals surface area contributed by atoms with Gasteiger partial charge in [0.05, 0.1) is 29.5 Å². The quantitative estimate of drug-likeness (QED) is 0.684. The number of benzene rings is 2. The maximum absolute atomic E-state index is 13.2. The summed E-state index contributed by atoms with van der Waals surface area (Å²) in [6, 6.07) is 12.0. The zero-order chi connectivity index (χ0) is 22.8. The van der Waals surface area contributed by atoms with Crippen LogP contribution in [-0.4, -0.2) is 65.5 Å². The predicted molar refractivity (Wildman–Crippen MR) is 115 cm³/mol. The Kier molecular flexibility index (Phi) is 5.91. The van der Waals surface area contributed by atoms with E-state index in [-0.39, 0.29) is 32.0 Å². The minimum atomic E-state index is -0.818. The van der Waals surface area contributed by atoms with Crippen molar-refractivity contribution in [3.05, 3.63) is 59.7 Å². The molecular weight excluding hydrogens is 414 g/mol. The summed E-state index contributed by atoms with van der Waals surface area (Å²) in [6.45, 7) is 1.76. The van der Waals surface area contributed by atoms with Crippen LogP contribution >= 0.6 is 0 Å². The van der Waals surface area contributed by atoms with Crippen LogP contribution in [0.2, 0.25) is 0 Å². The first-order valence-electron chi connectivity index (χ1n) is 10.4. The number of aliphatic hydroxyl groups is 1. The van der Waals surface area contributed by atoms with Crippen molar-refractivity contribution in [3.8, 4) is 0 Å². The minimum absolute atomic E-state index is 0.0798. The van der Waals surface area contributed by atoms with Gasteiger partial charge in [0.2, 0.25) is 11.8 Å². The van der Waals surface area contributed by atoms with Crippen LogP contribution in [0.3, 0.4) is 0 Å². The van der Waals surface area contributed by atoms with Gasteiger partial charge in [0, 0.05) is 18.7 Å². The summed E-state index contributed by atoms with van der Waals surface area (Å²) in [4.78, 5) is 53.4. The lowest BCUT2D eigenvalue weighted by atomic mass is 10.1. The first kappa shape index (κ1) is 21.5. The molecule has 2 aromatic carbocycles. The van der Waals surface area contributed by atoms with E-state index in [9.17, 15) is 24.3 Å². The highest BCUT2D eigenvalue weighted by molar-refractivity contribution is 6.13. The number of para-hydroxylation sites is 1. The molecule has 0 aromatic heterocycles. The van der Waals surface area contributed by atoms with E-state index in [2.05, 4.69) is 5.32 Å². The average molecular weight is 437 g/mol. The minimum Gasteiger partial charge on any atom is -0.462 e. The molecule has 0 unspecified atom stereocenters. The van der Waals surface area contributed by atoms with Crippen molar-refractivity contribution in [2.24, 2.45) is 0 Å². The zero-order valence-corrected chi connectivity index (χ0v) is 17.5. The highest BCUT2D eigenvalue weighted by Gasteiger charge is 2.45. The molecule has 2 aliphatic heterocycles. The third-order valence-corrected chi connectivity index (χ3v) is 5.50. The number of carbonyl (C=O) groups is 4. The van der Waals surface area contributed by atoms with Gasteiger partial charge in [-0.05, 0) is 43.3 Å². The van der Waals surface area contributed by atoms with Crippen molar-refractivity contribution in [2.75, 3.05) is 29.9 Å². The van der Waals surface area contributed by atoms with Crippen molar-refractivity contribution >= 4 is 35.1 Å². The topological polar surface area (TPSA) is 116 Å². The van der Waals surface area contributed by atoms with Gasteiger partial charge in [-0.3, -0.25) is 14.4 Å². The van der Waals surface area contributed by atoms with Crippen LogP contribution in [-0.2, 0) is 14.3 Å². The molecule has 2 atom stereocenters. The molecule has 2 N–H and O–H groups in total. The van der Waals surface area contributed by atoms with Crippen molar-refractivity contribution < 1.29 is 29.0 Å². The van der Waals surface area contributed by atoms with Crippen LogP contribution in [0.15, 0.2) is 48.5 Å². The van der Waals surface area contributed by atoms with Gasteiger partial charge in [0.1, 0.15) is 12.6 Å². The van der Waals surface area contributed by atoms with Crippen LogP contribution in [0.25, 0.3) is 0 Å². The molecule has 9 nitrogen and oxygen atoms in total. The number of nitrogens with zero attached hydrogens (tertiary/aromatic N) is 2. The molecule has 0 saturated carbocycles. The normalized spacial score (nSPS) is 19.8. The maximum Gasteiger partial charge on any atom is 0.338 e. The number of anilines is 2. The summed E-state index contributed by atoms with van der Waals surface area (Å²) in [6.07, 6.45) is -0.654. The van der Waals surface area contributed by atoms with Crippen molar-refractivity contribution in [2.45, 2.75) is 25.5 Å². The van der Waals surface area contributed by atoms with E-state index in [4.69, 9.17) is 4.74 Å². The molecule has 0 bridgehead atoms. The third kappa shape index (κ3) is 4.06. The molecule has 2 aromatic rings. The fourth-order valence-electron chi connectivity index (χ4n) is 4.03. The van der Waals surface area contributed by atoms with Gasteiger partial charge in [-0.2, -0.15) is 0 Å². The molecule has 166 valence electrons. The number of esters is 1. The van der Waals surface area contributed by atoms with Gasteiger partial charge in [-0.25, -0.2) is 4.79 Å². The van der Waals surface area contributed by atoms with E-state index in [0.29, 0.717) is 22.5 Å². The van der Waals surface area contributed by atoms with Gasteiger partial charge in [0.25, 0.3) is 5.91 Å². The number of hydrogen-bond donors (Lipinski definition) is 2. The molecule has 0 aliphatic carbocycles. The fourth-order valence-corrected chi connectivity index (χ4v) is 4.03. The predicted octanol–water partition coefficient (Wildman–Crippen LogP) is 1.42. The lowest BCUT2D eigenvalue weighted by Crippen LogP contribution is -2.47. The zero-order valence-electron chi connectivity index (χ0n) is 17.5. The van der Waals surface area contributed by atoms with Gasteiger partial charge in [0.15, 0.2) is 0 Å². The van der Waals surface area contributed by atoms with Crippen molar-refractivity contribution in [3.63, 3.8) is 0 Å². The van der Waals surface area contributed by atoms with E-state index in [1.54, 1.807) is 43.3 Å². The summed E-state index contributed by atoms with van der Waals surface area (Å²) in [5.41, 5.74) is 1.48. The summed E-state index contributed by atoms with van der Waals surface area (Å²) >= 11 is 0. The molecule has 1 fully saturated rings. The number of aliphatic hydroxyl groups excluding tert-OH is 1. The molecule has 2 aliphatic rings. The van der Waals surface area contributed by atoms with Crippen LogP contribution in [0.1, 0.15) is 34.1 Å². The second-order valence-electron chi connectivity index (χ2n) is 7.65. The Bertz CT molecular complexity index is 1070. The molecule has 2 heterocycles. The number of carbonyl (C=O) groups excluding carboxylic acids is 4. The van der Waals surface area contributed by atoms with Crippen LogP contribution in [0.4, 0.5) is 11.4 Å². The summed E-state index contributed by atoms with van der Waals surface area (Å²) in [5.74, 6) is -1.66.